The van der Waals surface area contributed by atoms with Crippen LogP contribution in [0.4, 0.5) is 0 Å². The van der Waals surface area contributed by atoms with Crippen molar-refractivity contribution in [3.63, 3.8) is 0 Å². The Morgan fingerprint density at radius 3 is 2.37 bits per heavy atom. The van der Waals surface area contributed by atoms with E-state index in [1.54, 1.807) is 12.1 Å². The molecule has 0 aromatic heterocycles. The number of ether oxygens (including phenoxy) is 3. The van der Waals surface area contributed by atoms with Crippen molar-refractivity contribution >= 4 is 16.7 Å². The lowest BCUT2D eigenvalue weighted by atomic mass is 10.0. The van der Waals surface area contributed by atoms with Crippen molar-refractivity contribution in [2.75, 3.05) is 21.3 Å². The first-order valence-electron chi connectivity index (χ1n) is 5.58. The molecule has 0 spiro atoms. The first kappa shape index (κ1) is 13.0. The Balaban J connectivity index is 2.85. The van der Waals surface area contributed by atoms with Gasteiger partial charge in [0.1, 0.15) is 22.8 Å². The molecule has 100 valence electrons. The van der Waals surface area contributed by atoms with Crippen LogP contribution in [-0.4, -0.2) is 32.4 Å². The Morgan fingerprint density at radius 2 is 1.79 bits per heavy atom. The maximum atomic E-state index is 11.8. The molecular weight excluding hydrogens is 248 g/mol. The van der Waals surface area contributed by atoms with E-state index >= 15 is 0 Å². The highest BCUT2D eigenvalue weighted by Gasteiger charge is 2.19. The van der Waals surface area contributed by atoms with Gasteiger partial charge in [0.15, 0.2) is 0 Å². The molecule has 5 heteroatoms. The molecule has 0 fully saturated rings. The third-order valence-corrected chi connectivity index (χ3v) is 2.86. The molecule has 5 nitrogen and oxygen atoms in total. The van der Waals surface area contributed by atoms with Gasteiger partial charge in [-0.15, -0.1) is 0 Å². The quantitative estimate of drug-likeness (QED) is 0.860. The standard InChI is InChI=1S/C14H14O5/c1-17-12-7-11(14(16)19-3)13(18-2)9-5-4-8(15)6-10(9)12/h4-7,15H,1-3H3. The average molecular weight is 262 g/mol. The van der Waals surface area contributed by atoms with Crippen molar-refractivity contribution < 1.29 is 24.1 Å². The number of carbonyl (C=O) groups is 1. The molecule has 0 atom stereocenters. The molecular formula is C14H14O5. The molecule has 0 saturated carbocycles. The Labute approximate surface area is 110 Å². The van der Waals surface area contributed by atoms with Crippen LogP contribution in [-0.2, 0) is 4.74 Å². The zero-order chi connectivity index (χ0) is 14.0. The molecule has 2 aromatic rings. The number of esters is 1. The molecule has 0 aliphatic rings. The van der Waals surface area contributed by atoms with Gasteiger partial charge in [0.05, 0.1) is 21.3 Å². The molecule has 19 heavy (non-hydrogen) atoms. The number of phenols is 1. The topological polar surface area (TPSA) is 65.0 Å². The van der Waals surface area contributed by atoms with E-state index < -0.39 is 5.97 Å². The Bertz CT molecular complexity index is 633. The molecule has 0 bridgehead atoms. The molecule has 0 saturated heterocycles. The van der Waals surface area contributed by atoms with E-state index in [0.717, 1.165) is 0 Å². The van der Waals surface area contributed by atoms with E-state index in [9.17, 15) is 9.90 Å². The summed E-state index contributed by atoms with van der Waals surface area (Å²) >= 11 is 0. The maximum absolute atomic E-state index is 11.8. The number of phenolic OH excluding ortho intramolecular Hbond substituents is 1. The van der Waals surface area contributed by atoms with Crippen LogP contribution in [0.2, 0.25) is 0 Å². The van der Waals surface area contributed by atoms with Gasteiger partial charge in [-0.1, -0.05) is 0 Å². The summed E-state index contributed by atoms with van der Waals surface area (Å²) in [6.07, 6.45) is 0. The van der Waals surface area contributed by atoms with Crippen LogP contribution >= 0.6 is 0 Å². The van der Waals surface area contributed by atoms with Gasteiger partial charge in [-0.3, -0.25) is 0 Å². The molecule has 0 aliphatic heterocycles. The monoisotopic (exact) mass is 262 g/mol. The minimum absolute atomic E-state index is 0.110. The highest BCUT2D eigenvalue weighted by atomic mass is 16.5. The fourth-order valence-corrected chi connectivity index (χ4v) is 2.00. The summed E-state index contributed by atoms with van der Waals surface area (Å²) in [6, 6.07) is 6.27. The molecule has 0 radical (unpaired) electrons. The van der Waals surface area contributed by atoms with Gasteiger partial charge in [-0.2, -0.15) is 0 Å². The van der Waals surface area contributed by atoms with Crippen molar-refractivity contribution in [1.29, 1.82) is 0 Å². The summed E-state index contributed by atoms with van der Waals surface area (Å²) in [5.74, 6) is 0.457. The second-order valence-electron chi connectivity index (χ2n) is 3.88. The highest BCUT2D eigenvalue weighted by Crippen LogP contribution is 2.38. The van der Waals surface area contributed by atoms with Crippen molar-refractivity contribution in [3.05, 3.63) is 29.8 Å². The lowest BCUT2D eigenvalue weighted by Gasteiger charge is -2.14. The lowest BCUT2D eigenvalue weighted by Crippen LogP contribution is -2.05. The Morgan fingerprint density at radius 1 is 1.05 bits per heavy atom. The maximum Gasteiger partial charge on any atom is 0.341 e. The van der Waals surface area contributed by atoms with E-state index in [0.29, 0.717) is 22.3 Å². The van der Waals surface area contributed by atoms with Crippen LogP contribution in [0.5, 0.6) is 17.2 Å². The smallest absolute Gasteiger partial charge is 0.341 e. The number of fused-ring (bicyclic) bond motifs is 1. The van der Waals surface area contributed by atoms with Crippen LogP contribution in [0, 0.1) is 0 Å². The zero-order valence-corrected chi connectivity index (χ0v) is 10.9. The number of rotatable bonds is 3. The Hall–Kier alpha value is -2.43. The van der Waals surface area contributed by atoms with E-state index in [1.165, 1.54) is 33.5 Å². The second kappa shape index (κ2) is 5.06. The van der Waals surface area contributed by atoms with Gasteiger partial charge in [-0.05, 0) is 24.3 Å². The molecule has 0 heterocycles. The van der Waals surface area contributed by atoms with Crippen LogP contribution in [0.25, 0.3) is 10.8 Å². The number of carbonyl (C=O) groups excluding carboxylic acids is 1. The van der Waals surface area contributed by atoms with Crippen molar-refractivity contribution in [3.8, 4) is 17.2 Å². The molecule has 0 amide bonds. The number of hydrogen-bond acceptors (Lipinski definition) is 5. The van der Waals surface area contributed by atoms with Crippen LogP contribution in [0.3, 0.4) is 0 Å². The average Bonchev–Trinajstić information content (AvgIpc) is 2.44. The number of hydrogen-bond donors (Lipinski definition) is 1. The van der Waals surface area contributed by atoms with Crippen LogP contribution in [0.1, 0.15) is 10.4 Å². The number of benzene rings is 2. The van der Waals surface area contributed by atoms with Gasteiger partial charge >= 0.3 is 5.97 Å². The van der Waals surface area contributed by atoms with Crippen molar-refractivity contribution in [2.45, 2.75) is 0 Å². The minimum atomic E-state index is -0.509. The van der Waals surface area contributed by atoms with Crippen LogP contribution in [0.15, 0.2) is 24.3 Å². The summed E-state index contributed by atoms with van der Waals surface area (Å²) < 4.78 is 15.3. The first-order valence-corrected chi connectivity index (χ1v) is 5.58. The van der Waals surface area contributed by atoms with Crippen molar-refractivity contribution in [2.24, 2.45) is 0 Å². The van der Waals surface area contributed by atoms with E-state index in [2.05, 4.69) is 0 Å². The predicted octanol–water partition coefficient (Wildman–Crippen LogP) is 2.35. The normalized spacial score (nSPS) is 10.3. The highest BCUT2D eigenvalue weighted by molar-refractivity contribution is 6.04. The summed E-state index contributed by atoms with van der Waals surface area (Å²) in [5, 5.41) is 10.9. The van der Waals surface area contributed by atoms with Crippen LogP contribution < -0.4 is 9.47 Å². The fourth-order valence-electron chi connectivity index (χ4n) is 2.00. The fraction of sp³-hybridized carbons (Fsp3) is 0.214. The lowest BCUT2D eigenvalue weighted by molar-refractivity contribution is 0.0597. The minimum Gasteiger partial charge on any atom is -0.508 e. The summed E-state index contributed by atoms with van der Waals surface area (Å²) in [6.45, 7) is 0. The number of aromatic hydroxyl groups is 1. The molecule has 2 rings (SSSR count). The van der Waals surface area contributed by atoms with E-state index in [-0.39, 0.29) is 11.3 Å². The molecule has 0 unspecified atom stereocenters. The SMILES string of the molecule is COC(=O)c1cc(OC)c2cc(O)ccc2c1OC. The summed E-state index contributed by atoms with van der Waals surface area (Å²) in [7, 11) is 4.27. The third-order valence-electron chi connectivity index (χ3n) is 2.86. The van der Waals surface area contributed by atoms with E-state index in [1.807, 2.05) is 0 Å². The number of methoxy groups -OCH3 is 3. The first-order chi connectivity index (χ1) is 9.12. The summed E-state index contributed by atoms with van der Waals surface area (Å²) in [4.78, 5) is 11.8. The summed E-state index contributed by atoms with van der Waals surface area (Å²) in [5.41, 5.74) is 0.278. The van der Waals surface area contributed by atoms with E-state index in [4.69, 9.17) is 14.2 Å². The predicted molar refractivity (Wildman–Crippen MR) is 70.1 cm³/mol. The largest absolute Gasteiger partial charge is 0.508 e. The van der Waals surface area contributed by atoms with Crippen molar-refractivity contribution in [1.82, 2.24) is 0 Å². The Kier molecular flexibility index (Phi) is 3.46. The molecule has 1 N–H and O–H groups in total. The van der Waals surface area contributed by atoms with Gasteiger partial charge in [0, 0.05) is 10.8 Å². The molecule has 2 aromatic carbocycles. The van der Waals surface area contributed by atoms with Gasteiger partial charge in [-0.25, -0.2) is 4.79 Å². The van der Waals surface area contributed by atoms with Gasteiger partial charge < -0.3 is 19.3 Å². The second-order valence-corrected chi connectivity index (χ2v) is 3.88. The molecule has 0 aliphatic carbocycles. The third kappa shape index (κ3) is 2.14. The zero-order valence-electron chi connectivity index (χ0n) is 10.9. The van der Waals surface area contributed by atoms with Gasteiger partial charge in [0.25, 0.3) is 0 Å². The van der Waals surface area contributed by atoms with Gasteiger partial charge in [0.2, 0.25) is 0 Å².